The molecule has 1 heterocycles. The van der Waals surface area contributed by atoms with E-state index in [9.17, 15) is 17.6 Å². The van der Waals surface area contributed by atoms with Gasteiger partial charge in [-0.25, -0.2) is 9.38 Å². The molecule has 1 saturated carbocycles. The SMILES string of the molecule is Cc1c(F)cc(N2C(N)=NC(N)=NC23CCCCC3)cc1C(F)(F)F. The van der Waals surface area contributed by atoms with E-state index in [-0.39, 0.29) is 17.6 Å². The summed E-state index contributed by atoms with van der Waals surface area (Å²) in [5.41, 5.74) is 9.26. The van der Waals surface area contributed by atoms with E-state index in [0.29, 0.717) is 12.8 Å². The largest absolute Gasteiger partial charge is 0.416 e. The third kappa shape index (κ3) is 3.03. The second-order valence-electron chi connectivity index (χ2n) is 6.42. The van der Waals surface area contributed by atoms with Gasteiger partial charge in [-0.2, -0.15) is 18.2 Å². The first-order valence-electron chi connectivity index (χ1n) is 8.01. The Morgan fingerprint density at radius 3 is 2.36 bits per heavy atom. The van der Waals surface area contributed by atoms with Crippen LogP contribution in [-0.2, 0) is 6.18 Å². The molecule has 4 N–H and O–H groups in total. The molecule has 9 heteroatoms. The summed E-state index contributed by atoms with van der Waals surface area (Å²) in [6.45, 7) is 1.10. The number of rotatable bonds is 1. The Morgan fingerprint density at radius 1 is 1.12 bits per heavy atom. The van der Waals surface area contributed by atoms with Crippen molar-refractivity contribution < 1.29 is 17.6 Å². The fourth-order valence-electron chi connectivity index (χ4n) is 3.58. The quantitative estimate of drug-likeness (QED) is 0.757. The van der Waals surface area contributed by atoms with Gasteiger partial charge in [0.2, 0.25) is 11.9 Å². The number of benzene rings is 1. The zero-order valence-corrected chi connectivity index (χ0v) is 13.7. The number of nitrogens with two attached hydrogens (primary N) is 2. The predicted octanol–water partition coefficient (Wildman–Crippen LogP) is 3.26. The lowest BCUT2D eigenvalue weighted by atomic mass is 9.87. The number of hydrogen-bond donors (Lipinski definition) is 2. The van der Waals surface area contributed by atoms with Gasteiger partial charge < -0.3 is 11.5 Å². The normalized spacial score (nSPS) is 20.4. The van der Waals surface area contributed by atoms with Crippen LogP contribution >= 0.6 is 0 Å². The van der Waals surface area contributed by atoms with Gasteiger partial charge in [0, 0.05) is 5.69 Å². The molecule has 1 aliphatic heterocycles. The molecule has 0 saturated heterocycles. The second-order valence-corrected chi connectivity index (χ2v) is 6.42. The molecule has 3 rings (SSSR count). The van der Waals surface area contributed by atoms with Crippen molar-refractivity contribution in [3.63, 3.8) is 0 Å². The van der Waals surface area contributed by atoms with Crippen molar-refractivity contribution in [3.05, 3.63) is 29.1 Å². The molecule has 0 amide bonds. The zero-order chi connectivity index (χ0) is 18.4. The molecule has 0 bridgehead atoms. The molecule has 0 atom stereocenters. The summed E-state index contributed by atoms with van der Waals surface area (Å²) in [4.78, 5) is 9.64. The van der Waals surface area contributed by atoms with Crippen molar-refractivity contribution in [1.29, 1.82) is 0 Å². The highest BCUT2D eigenvalue weighted by Crippen LogP contribution is 2.42. The van der Waals surface area contributed by atoms with E-state index < -0.39 is 28.8 Å². The van der Waals surface area contributed by atoms with Gasteiger partial charge in [0.1, 0.15) is 11.5 Å². The molecule has 1 spiro atoms. The summed E-state index contributed by atoms with van der Waals surface area (Å²) >= 11 is 0. The molecule has 1 aromatic rings. The van der Waals surface area contributed by atoms with E-state index in [2.05, 4.69) is 9.98 Å². The van der Waals surface area contributed by atoms with Crippen LogP contribution in [0.25, 0.3) is 0 Å². The number of aliphatic imine (C=N–C) groups is 2. The molecule has 0 radical (unpaired) electrons. The number of alkyl halides is 3. The number of nitrogens with zero attached hydrogens (tertiary/aromatic N) is 3. The standard InChI is InChI=1S/C16H19F4N5/c1-9-11(16(18,19)20)7-10(8-12(9)17)25-14(22)23-13(21)24-15(25)5-3-2-4-6-15/h7-8H,2-6H2,1H3,(H4,21,22,23,24). The second kappa shape index (κ2) is 5.89. The first kappa shape index (κ1) is 17.5. The van der Waals surface area contributed by atoms with E-state index in [1.165, 1.54) is 4.90 Å². The third-order valence-corrected chi connectivity index (χ3v) is 4.74. The number of guanidine groups is 2. The maximum Gasteiger partial charge on any atom is 0.416 e. The fourth-order valence-corrected chi connectivity index (χ4v) is 3.58. The van der Waals surface area contributed by atoms with E-state index in [4.69, 9.17) is 11.5 Å². The Labute approximate surface area is 142 Å². The van der Waals surface area contributed by atoms with E-state index >= 15 is 0 Å². The molecule has 0 aromatic heterocycles. The molecule has 1 aromatic carbocycles. The van der Waals surface area contributed by atoms with Gasteiger partial charge in [0.15, 0.2) is 0 Å². The predicted molar refractivity (Wildman–Crippen MR) is 87.7 cm³/mol. The molecule has 25 heavy (non-hydrogen) atoms. The topological polar surface area (TPSA) is 80.0 Å². The van der Waals surface area contributed by atoms with E-state index in [1.807, 2.05) is 0 Å². The molecule has 2 aliphatic rings. The van der Waals surface area contributed by atoms with Crippen molar-refractivity contribution >= 4 is 17.6 Å². The van der Waals surface area contributed by atoms with Gasteiger partial charge in [-0.1, -0.05) is 6.42 Å². The fraction of sp³-hybridized carbons (Fsp3) is 0.500. The van der Waals surface area contributed by atoms with Crippen LogP contribution in [-0.4, -0.2) is 17.6 Å². The number of anilines is 1. The van der Waals surface area contributed by atoms with Crippen LogP contribution < -0.4 is 16.4 Å². The van der Waals surface area contributed by atoms with Crippen molar-refractivity contribution in [2.75, 3.05) is 4.90 Å². The number of halogens is 4. The van der Waals surface area contributed by atoms with Gasteiger partial charge >= 0.3 is 6.18 Å². The average Bonchev–Trinajstić information content (AvgIpc) is 2.49. The Hall–Kier alpha value is -2.32. The summed E-state index contributed by atoms with van der Waals surface area (Å²) < 4.78 is 54.0. The number of hydrogen-bond acceptors (Lipinski definition) is 5. The van der Waals surface area contributed by atoms with Gasteiger partial charge in [0.25, 0.3) is 0 Å². The maximum atomic E-state index is 14.2. The van der Waals surface area contributed by atoms with Crippen LogP contribution in [0.4, 0.5) is 23.2 Å². The Bertz CT molecular complexity index is 748. The van der Waals surface area contributed by atoms with Crippen molar-refractivity contribution in [2.45, 2.75) is 50.9 Å². The Balaban J connectivity index is 2.16. The van der Waals surface area contributed by atoms with Gasteiger partial charge in [-0.3, -0.25) is 4.90 Å². The summed E-state index contributed by atoms with van der Waals surface area (Å²) in [6, 6.07) is 1.94. The maximum absolute atomic E-state index is 14.2. The highest BCUT2D eigenvalue weighted by Gasteiger charge is 2.44. The lowest BCUT2D eigenvalue weighted by molar-refractivity contribution is -0.138. The molecular formula is C16H19F4N5. The molecule has 1 fully saturated rings. The summed E-state index contributed by atoms with van der Waals surface area (Å²) in [7, 11) is 0. The van der Waals surface area contributed by atoms with Crippen LogP contribution in [0, 0.1) is 12.7 Å². The van der Waals surface area contributed by atoms with Gasteiger partial charge in [0.05, 0.1) is 5.56 Å². The first-order chi connectivity index (χ1) is 11.6. The van der Waals surface area contributed by atoms with Crippen LogP contribution in [0.5, 0.6) is 0 Å². The minimum absolute atomic E-state index is 0.0146. The minimum atomic E-state index is -4.68. The smallest absolute Gasteiger partial charge is 0.369 e. The van der Waals surface area contributed by atoms with Crippen LogP contribution in [0.15, 0.2) is 22.1 Å². The first-order valence-corrected chi connectivity index (χ1v) is 8.01. The Morgan fingerprint density at radius 2 is 1.76 bits per heavy atom. The molecule has 1 aliphatic carbocycles. The summed E-state index contributed by atoms with van der Waals surface area (Å²) in [5.74, 6) is -1.05. The molecule has 0 unspecified atom stereocenters. The van der Waals surface area contributed by atoms with Gasteiger partial charge in [-0.15, -0.1) is 0 Å². The average molecular weight is 357 g/mol. The zero-order valence-electron chi connectivity index (χ0n) is 13.7. The van der Waals surface area contributed by atoms with Crippen molar-refractivity contribution in [3.8, 4) is 0 Å². The van der Waals surface area contributed by atoms with Crippen molar-refractivity contribution in [2.24, 2.45) is 21.5 Å². The lowest BCUT2D eigenvalue weighted by Gasteiger charge is -2.45. The monoisotopic (exact) mass is 357 g/mol. The summed E-state index contributed by atoms with van der Waals surface area (Å²) in [6.07, 6.45) is -0.938. The summed E-state index contributed by atoms with van der Waals surface area (Å²) in [5, 5.41) is 0. The molecule has 5 nitrogen and oxygen atoms in total. The minimum Gasteiger partial charge on any atom is -0.369 e. The highest BCUT2D eigenvalue weighted by molar-refractivity contribution is 6.05. The highest BCUT2D eigenvalue weighted by atomic mass is 19.4. The third-order valence-electron chi connectivity index (χ3n) is 4.74. The van der Waals surface area contributed by atoms with E-state index in [0.717, 1.165) is 38.3 Å². The van der Waals surface area contributed by atoms with Gasteiger partial charge in [-0.05, 0) is 50.3 Å². The lowest BCUT2D eigenvalue weighted by Crippen LogP contribution is -2.58. The Kier molecular flexibility index (Phi) is 4.12. The van der Waals surface area contributed by atoms with Crippen LogP contribution in [0.1, 0.15) is 43.2 Å². The van der Waals surface area contributed by atoms with Crippen LogP contribution in [0.3, 0.4) is 0 Å². The molecule has 136 valence electrons. The van der Waals surface area contributed by atoms with Crippen molar-refractivity contribution in [1.82, 2.24) is 0 Å². The van der Waals surface area contributed by atoms with Crippen LogP contribution in [0.2, 0.25) is 0 Å². The van der Waals surface area contributed by atoms with E-state index in [1.54, 1.807) is 0 Å². The molecular weight excluding hydrogens is 338 g/mol.